The molecule has 9 aromatic carbocycles. The summed E-state index contributed by atoms with van der Waals surface area (Å²) in [5, 5.41) is 24.8. The highest BCUT2D eigenvalue weighted by Crippen LogP contribution is 2.64. The van der Waals surface area contributed by atoms with Crippen LogP contribution >= 0.6 is 0 Å². The highest BCUT2D eigenvalue weighted by molar-refractivity contribution is 6.09. The van der Waals surface area contributed by atoms with Crippen LogP contribution in [0.25, 0.3) is 72.8 Å². The largest absolute Gasteiger partial charge is 0.309 e. The fraction of sp³-hybridized carbons (Fsp3) is 0.0167. The molecule has 11 aromatic rings. The molecule has 0 amide bonds. The lowest BCUT2D eigenvalue weighted by Gasteiger charge is -2.45. The normalized spacial score (nSPS) is 12.8. The van der Waals surface area contributed by atoms with Gasteiger partial charge < -0.3 is 9.47 Å². The van der Waals surface area contributed by atoms with Gasteiger partial charge in [-0.3, -0.25) is 0 Å². The molecule has 0 saturated heterocycles. The van der Waals surface area contributed by atoms with E-state index in [4.69, 9.17) is 15.0 Å². The molecular weight excluding hydrogens is 819 g/mol. The number of fused-ring (bicyclic) bond motifs is 12. The molecule has 0 atom stereocenters. The standard InChI is InChI=1S/C60H35N7/c61-36-41-33-40(59-64-57(38-17-3-1-4-18-38)63-58(65-59)39-19-5-2-6-20-39)34-42(37-62)56(41)67-54-29-15-11-25-50(54)60(51-26-12-16-30-55(51)67)48-24-10-7-21-44(48)47-35-43(31-32-49(47)60)66-52-27-13-8-22-45(52)46-23-9-14-28-53(46)66/h1-35H. The quantitative estimate of drug-likeness (QED) is 0.171. The van der Waals surface area contributed by atoms with Gasteiger partial charge in [-0.05, 0) is 81.9 Å². The van der Waals surface area contributed by atoms with Gasteiger partial charge in [0.15, 0.2) is 17.5 Å². The molecule has 1 aliphatic heterocycles. The first-order valence-electron chi connectivity index (χ1n) is 22.2. The van der Waals surface area contributed by atoms with Crippen LogP contribution in [0.4, 0.5) is 17.1 Å². The summed E-state index contributed by atoms with van der Waals surface area (Å²) >= 11 is 0. The Morgan fingerprint density at radius 3 is 1.39 bits per heavy atom. The van der Waals surface area contributed by atoms with Crippen molar-refractivity contribution in [3.05, 3.63) is 246 Å². The lowest BCUT2D eigenvalue weighted by atomic mass is 9.64. The van der Waals surface area contributed by atoms with E-state index in [0.29, 0.717) is 39.9 Å². The van der Waals surface area contributed by atoms with Gasteiger partial charge in [0.05, 0.1) is 44.6 Å². The molecule has 310 valence electrons. The molecule has 2 aromatic heterocycles. The van der Waals surface area contributed by atoms with Crippen LogP contribution in [-0.2, 0) is 5.41 Å². The van der Waals surface area contributed by atoms with E-state index in [1.165, 1.54) is 27.5 Å². The first kappa shape index (κ1) is 38.1. The SMILES string of the molecule is N#Cc1cc(-c2nc(-c3ccccc3)nc(-c3ccccc3)n2)cc(C#N)c1N1c2ccccc2C2(c3ccccc3-c3cc(-n4c5ccccc5c5ccccc54)ccc32)c2ccccc21. The summed E-state index contributed by atoms with van der Waals surface area (Å²) < 4.78 is 2.38. The van der Waals surface area contributed by atoms with Gasteiger partial charge >= 0.3 is 0 Å². The van der Waals surface area contributed by atoms with Crippen molar-refractivity contribution < 1.29 is 0 Å². The average Bonchev–Trinajstić information content (AvgIpc) is 3.89. The van der Waals surface area contributed by atoms with Crippen LogP contribution in [0.2, 0.25) is 0 Å². The van der Waals surface area contributed by atoms with Crippen LogP contribution in [-0.4, -0.2) is 19.5 Å². The Bertz CT molecular complexity index is 3720. The van der Waals surface area contributed by atoms with Crippen LogP contribution in [0.3, 0.4) is 0 Å². The molecule has 13 rings (SSSR count). The monoisotopic (exact) mass is 853 g/mol. The van der Waals surface area contributed by atoms with Crippen molar-refractivity contribution in [2.45, 2.75) is 5.41 Å². The maximum atomic E-state index is 11.2. The molecule has 3 heterocycles. The fourth-order valence-electron chi connectivity index (χ4n) is 10.8. The third kappa shape index (κ3) is 5.53. The van der Waals surface area contributed by atoms with E-state index in [1.54, 1.807) is 12.1 Å². The Morgan fingerprint density at radius 2 is 0.836 bits per heavy atom. The van der Waals surface area contributed by atoms with Gasteiger partial charge in [-0.15, -0.1) is 0 Å². The average molecular weight is 854 g/mol. The third-order valence-corrected chi connectivity index (χ3v) is 13.5. The van der Waals surface area contributed by atoms with Crippen LogP contribution in [0.1, 0.15) is 33.4 Å². The summed E-state index contributed by atoms with van der Waals surface area (Å²) in [6.07, 6.45) is 0. The van der Waals surface area contributed by atoms with Gasteiger partial charge in [0.25, 0.3) is 0 Å². The van der Waals surface area contributed by atoms with E-state index in [2.05, 4.69) is 149 Å². The Kier molecular flexibility index (Phi) is 8.42. The van der Waals surface area contributed by atoms with E-state index in [1.807, 2.05) is 72.8 Å². The van der Waals surface area contributed by atoms with Crippen LogP contribution < -0.4 is 4.90 Å². The second-order valence-electron chi connectivity index (χ2n) is 16.9. The zero-order valence-electron chi connectivity index (χ0n) is 35.8. The number of aromatic nitrogens is 4. The molecular formula is C60H35N7. The van der Waals surface area contributed by atoms with E-state index in [9.17, 15) is 10.5 Å². The Labute approximate surface area is 386 Å². The number of nitrogens with zero attached hydrogens (tertiary/aromatic N) is 7. The second-order valence-corrected chi connectivity index (χ2v) is 16.9. The summed E-state index contributed by atoms with van der Waals surface area (Å²) in [4.78, 5) is 16.9. The van der Waals surface area contributed by atoms with Crippen molar-refractivity contribution in [3.63, 3.8) is 0 Å². The van der Waals surface area contributed by atoms with Gasteiger partial charge in [-0.1, -0.05) is 164 Å². The van der Waals surface area contributed by atoms with E-state index >= 15 is 0 Å². The molecule has 0 N–H and O–H groups in total. The maximum absolute atomic E-state index is 11.2. The van der Waals surface area contributed by atoms with Crippen molar-refractivity contribution in [2.75, 3.05) is 4.90 Å². The van der Waals surface area contributed by atoms with Gasteiger partial charge in [-0.25, -0.2) is 15.0 Å². The maximum Gasteiger partial charge on any atom is 0.164 e. The Hall–Kier alpha value is -9.43. The van der Waals surface area contributed by atoms with Crippen LogP contribution in [0.15, 0.2) is 212 Å². The molecule has 7 nitrogen and oxygen atoms in total. The van der Waals surface area contributed by atoms with E-state index < -0.39 is 5.41 Å². The first-order chi connectivity index (χ1) is 33.1. The fourth-order valence-corrected chi connectivity index (χ4v) is 10.8. The van der Waals surface area contributed by atoms with Crippen molar-refractivity contribution in [1.82, 2.24) is 19.5 Å². The van der Waals surface area contributed by atoms with Crippen LogP contribution in [0.5, 0.6) is 0 Å². The van der Waals surface area contributed by atoms with Gasteiger partial charge in [0.1, 0.15) is 12.1 Å². The van der Waals surface area contributed by atoms with Gasteiger partial charge in [0, 0.05) is 33.2 Å². The summed E-state index contributed by atoms with van der Waals surface area (Å²) in [5.74, 6) is 1.35. The summed E-state index contributed by atoms with van der Waals surface area (Å²) in [5.41, 5.74) is 14.6. The van der Waals surface area contributed by atoms with Crippen molar-refractivity contribution in [2.24, 2.45) is 0 Å². The Morgan fingerprint density at radius 1 is 0.388 bits per heavy atom. The number of benzene rings is 9. The molecule has 0 radical (unpaired) electrons. The van der Waals surface area contributed by atoms with Crippen molar-refractivity contribution in [1.29, 1.82) is 10.5 Å². The highest BCUT2D eigenvalue weighted by atomic mass is 15.2. The van der Waals surface area contributed by atoms with E-state index in [-0.39, 0.29) is 0 Å². The van der Waals surface area contributed by atoms with Crippen molar-refractivity contribution >= 4 is 38.9 Å². The molecule has 1 aliphatic carbocycles. The molecule has 0 saturated carbocycles. The lowest BCUT2D eigenvalue weighted by Crippen LogP contribution is -2.36. The zero-order chi connectivity index (χ0) is 44.6. The third-order valence-electron chi connectivity index (χ3n) is 13.5. The van der Waals surface area contributed by atoms with E-state index in [0.717, 1.165) is 55.9 Å². The highest BCUT2D eigenvalue weighted by Gasteiger charge is 2.52. The minimum atomic E-state index is -0.721. The first-order valence-corrected chi connectivity index (χ1v) is 22.2. The molecule has 0 unspecified atom stereocenters. The molecule has 1 spiro atoms. The molecule has 2 aliphatic rings. The van der Waals surface area contributed by atoms with Crippen molar-refractivity contribution in [3.8, 4) is 63.1 Å². The molecule has 0 fully saturated rings. The number of hydrogen-bond donors (Lipinski definition) is 0. The topological polar surface area (TPSA) is 94.4 Å². The number of para-hydroxylation sites is 4. The second kappa shape index (κ2) is 14.8. The summed E-state index contributed by atoms with van der Waals surface area (Å²) in [7, 11) is 0. The number of hydrogen-bond acceptors (Lipinski definition) is 6. The molecule has 7 heteroatoms. The number of nitriles is 2. The molecule has 0 bridgehead atoms. The predicted molar refractivity (Wildman–Crippen MR) is 265 cm³/mol. The Balaban J connectivity index is 1.02. The van der Waals surface area contributed by atoms with Gasteiger partial charge in [0.2, 0.25) is 0 Å². The van der Waals surface area contributed by atoms with Crippen LogP contribution in [0, 0.1) is 22.7 Å². The number of anilines is 3. The zero-order valence-corrected chi connectivity index (χ0v) is 35.8. The smallest absolute Gasteiger partial charge is 0.164 e. The predicted octanol–water partition coefficient (Wildman–Crippen LogP) is 13.9. The minimum absolute atomic E-state index is 0.320. The number of rotatable bonds is 5. The molecule has 67 heavy (non-hydrogen) atoms. The van der Waals surface area contributed by atoms with Gasteiger partial charge in [-0.2, -0.15) is 10.5 Å². The minimum Gasteiger partial charge on any atom is -0.309 e. The summed E-state index contributed by atoms with van der Waals surface area (Å²) in [6.45, 7) is 0. The summed E-state index contributed by atoms with van der Waals surface area (Å²) in [6, 6.07) is 78.0. The lowest BCUT2D eigenvalue weighted by molar-refractivity contribution is 0.752.